The van der Waals surface area contributed by atoms with Crippen LogP contribution in [0, 0.1) is 25.2 Å². The number of aromatic nitrogens is 2. The highest BCUT2D eigenvalue weighted by Crippen LogP contribution is 2.27. The van der Waals surface area contributed by atoms with Crippen LogP contribution in [-0.4, -0.2) is 42.9 Å². The second-order valence-electron chi connectivity index (χ2n) is 10.6. The van der Waals surface area contributed by atoms with Crippen molar-refractivity contribution in [2.45, 2.75) is 20.3 Å². The molecule has 11 heteroatoms. The lowest BCUT2D eigenvalue weighted by Gasteiger charge is -2.10. The first-order chi connectivity index (χ1) is 22.7. The van der Waals surface area contributed by atoms with Gasteiger partial charge in [0.25, 0.3) is 11.5 Å². The van der Waals surface area contributed by atoms with Gasteiger partial charge in [-0.15, -0.1) is 11.3 Å². The van der Waals surface area contributed by atoms with Gasteiger partial charge in [0.1, 0.15) is 16.5 Å². The Morgan fingerprint density at radius 3 is 2.21 bits per heavy atom. The van der Waals surface area contributed by atoms with Crippen LogP contribution in [0.25, 0.3) is 23.0 Å². The molecule has 5 rings (SSSR count). The predicted octanol–water partition coefficient (Wildman–Crippen LogP) is 4.85. The van der Waals surface area contributed by atoms with Gasteiger partial charge in [0.2, 0.25) is 0 Å². The number of rotatable bonds is 10. The van der Waals surface area contributed by atoms with Crippen LogP contribution in [0.2, 0.25) is 5.02 Å². The van der Waals surface area contributed by atoms with Crippen molar-refractivity contribution in [2.24, 2.45) is 0 Å². The van der Waals surface area contributed by atoms with E-state index in [1.54, 1.807) is 57.7 Å². The maximum atomic E-state index is 14.0. The summed E-state index contributed by atoms with van der Waals surface area (Å²) >= 11 is 7.20. The Hall–Kier alpha value is -5.24. The van der Waals surface area contributed by atoms with Crippen LogP contribution in [0.5, 0.6) is 17.2 Å². The molecule has 0 unspecified atom stereocenters. The van der Waals surface area contributed by atoms with Gasteiger partial charge in [-0.05, 0) is 104 Å². The number of carbonyl (C=O) groups excluding carboxylic acids is 1. The second kappa shape index (κ2) is 14.5. The molecule has 0 spiro atoms. The maximum absolute atomic E-state index is 14.0. The molecular formula is C36H33ClN4O5S. The van der Waals surface area contributed by atoms with Crippen molar-refractivity contribution < 1.29 is 19.0 Å². The zero-order valence-corrected chi connectivity index (χ0v) is 28.2. The summed E-state index contributed by atoms with van der Waals surface area (Å²) in [5.41, 5.74) is 4.58. The van der Waals surface area contributed by atoms with Crippen LogP contribution in [0.15, 0.2) is 77.6 Å². The maximum Gasteiger partial charge on any atom is 0.273 e. The van der Waals surface area contributed by atoms with E-state index in [1.807, 2.05) is 56.3 Å². The van der Waals surface area contributed by atoms with E-state index in [1.165, 1.54) is 4.57 Å². The zero-order chi connectivity index (χ0) is 33.7. The van der Waals surface area contributed by atoms with E-state index < -0.39 is 5.91 Å². The SMILES string of the molecule is COc1ccc(-n2c(=C(C#N)C(=O)NCCc3ccc(OC)c(OC)c3)sc(=Cc3cc(C)n(-c4ccc(Cl)cc4)c3C)c2=O)cc1. The predicted molar refractivity (Wildman–Crippen MR) is 185 cm³/mol. The fourth-order valence-corrected chi connectivity index (χ4v) is 6.54. The largest absolute Gasteiger partial charge is 0.497 e. The smallest absolute Gasteiger partial charge is 0.273 e. The molecule has 9 nitrogen and oxygen atoms in total. The van der Waals surface area contributed by atoms with Gasteiger partial charge in [-0.3, -0.25) is 14.2 Å². The molecule has 0 saturated carbocycles. The third-order valence-corrected chi connectivity index (χ3v) is 9.04. The lowest BCUT2D eigenvalue weighted by molar-refractivity contribution is -0.115. The van der Waals surface area contributed by atoms with E-state index in [-0.39, 0.29) is 22.3 Å². The van der Waals surface area contributed by atoms with E-state index in [0.717, 1.165) is 39.5 Å². The first kappa shape index (κ1) is 33.1. The number of thiazole rings is 1. The standard InChI is InChI=1S/C36H33ClN4O5S/c1-22-18-25(23(2)40(22)27-9-7-26(37)8-10-27)20-33-35(43)41(28-11-13-29(44-3)14-12-28)36(47-33)30(21-38)34(42)39-17-16-24-6-15-31(45-4)32(19-24)46-5/h6-15,18-20H,16-17H2,1-5H3,(H,39,42). The average molecular weight is 669 g/mol. The summed E-state index contributed by atoms with van der Waals surface area (Å²) < 4.78 is 20.1. The average Bonchev–Trinajstić information content (AvgIpc) is 3.55. The van der Waals surface area contributed by atoms with Gasteiger partial charge in [0.05, 0.1) is 31.5 Å². The van der Waals surface area contributed by atoms with E-state index in [0.29, 0.717) is 38.9 Å². The molecule has 3 aromatic carbocycles. The van der Waals surface area contributed by atoms with Gasteiger partial charge in [-0.1, -0.05) is 17.7 Å². The number of hydrogen-bond acceptors (Lipinski definition) is 7. The summed E-state index contributed by atoms with van der Waals surface area (Å²) in [6.07, 6.45) is 2.29. The van der Waals surface area contributed by atoms with Crippen LogP contribution >= 0.6 is 22.9 Å². The summed E-state index contributed by atoms with van der Waals surface area (Å²) in [7, 11) is 4.68. The number of benzene rings is 3. The molecule has 0 aliphatic rings. The number of ether oxygens (including phenoxy) is 3. The molecule has 0 radical (unpaired) electrons. The van der Waals surface area contributed by atoms with Gasteiger partial charge in [0.15, 0.2) is 17.1 Å². The number of hydrogen-bond donors (Lipinski definition) is 1. The van der Waals surface area contributed by atoms with Crippen molar-refractivity contribution in [1.82, 2.24) is 14.5 Å². The van der Waals surface area contributed by atoms with Crippen molar-refractivity contribution in [3.8, 4) is 34.7 Å². The molecule has 0 fully saturated rings. The van der Waals surface area contributed by atoms with Crippen molar-refractivity contribution in [1.29, 1.82) is 5.26 Å². The van der Waals surface area contributed by atoms with Gasteiger partial charge in [-0.25, -0.2) is 0 Å². The van der Waals surface area contributed by atoms with E-state index in [2.05, 4.69) is 16.0 Å². The lowest BCUT2D eigenvalue weighted by atomic mass is 10.1. The van der Waals surface area contributed by atoms with E-state index >= 15 is 0 Å². The number of aryl methyl sites for hydroxylation is 1. The number of amides is 1. The topological polar surface area (TPSA) is 108 Å². The number of nitrogens with one attached hydrogen (secondary N) is 1. The first-order valence-electron chi connectivity index (χ1n) is 14.7. The van der Waals surface area contributed by atoms with Gasteiger partial charge < -0.3 is 24.1 Å². The number of nitriles is 1. The highest BCUT2D eigenvalue weighted by atomic mass is 35.5. The number of methoxy groups -OCH3 is 3. The number of nitrogens with zero attached hydrogens (tertiary/aromatic N) is 3. The van der Waals surface area contributed by atoms with Gasteiger partial charge in [0, 0.05) is 28.6 Å². The van der Waals surface area contributed by atoms with Crippen molar-refractivity contribution in [3.05, 3.63) is 120 Å². The molecule has 0 bridgehead atoms. The minimum Gasteiger partial charge on any atom is -0.497 e. The van der Waals surface area contributed by atoms with Crippen LogP contribution in [0.1, 0.15) is 22.5 Å². The molecule has 0 saturated heterocycles. The summed E-state index contributed by atoms with van der Waals surface area (Å²) in [4.78, 5) is 27.5. The molecule has 1 amide bonds. The highest BCUT2D eigenvalue weighted by molar-refractivity contribution is 7.07. The monoisotopic (exact) mass is 668 g/mol. The van der Waals surface area contributed by atoms with E-state index in [4.69, 9.17) is 25.8 Å². The third kappa shape index (κ3) is 6.97. The Morgan fingerprint density at radius 1 is 0.915 bits per heavy atom. The third-order valence-electron chi connectivity index (χ3n) is 7.70. The zero-order valence-electron chi connectivity index (χ0n) is 26.6. The molecule has 240 valence electrons. The summed E-state index contributed by atoms with van der Waals surface area (Å²) in [5, 5.41) is 13.7. The quantitative estimate of drug-likeness (QED) is 0.228. The van der Waals surface area contributed by atoms with Crippen LogP contribution in [-0.2, 0) is 11.2 Å². The molecule has 0 aliphatic heterocycles. The van der Waals surface area contributed by atoms with Gasteiger partial charge in [-0.2, -0.15) is 5.26 Å². The molecular weight excluding hydrogens is 636 g/mol. The fourth-order valence-electron chi connectivity index (χ4n) is 5.32. The Kier molecular flexibility index (Phi) is 10.2. The minimum absolute atomic E-state index is 0.165. The Bertz CT molecular complexity index is 2160. The van der Waals surface area contributed by atoms with Crippen LogP contribution in [0.4, 0.5) is 0 Å². The lowest BCUT2D eigenvalue weighted by Crippen LogP contribution is -2.34. The summed E-state index contributed by atoms with van der Waals surface area (Å²) in [6.45, 7) is 4.22. The summed E-state index contributed by atoms with van der Waals surface area (Å²) in [5.74, 6) is 1.22. The fraction of sp³-hybridized carbons (Fsp3) is 0.194. The molecule has 2 heterocycles. The van der Waals surface area contributed by atoms with Crippen LogP contribution < -0.4 is 34.3 Å². The Labute approximate surface area is 281 Å². The first-order valence-corrected chi connectivity index (χ1v) is 15.8. The van der Waals surface area contributed by atoms with Crippen molar-refractivity contribution in [3.63, 3.8) is 0 Å². The van der Waals surface area contributed by atoms with E-state index in [9.17, 15) is 14.9 Å². The Morgan fingerprint density at radius 2 is 1.57 bits per heavy atom. The molecule has 2 aromatic heterocycles. The molecule has 0 aliphatic carbocycles. The molecule has 5 aromatic rings. The number of carbonyl (C=O) groups is 1. The normalized spacial score (nSPS) is 12.0. The number of halogens is 1. The van der Waals surface area contributed by atoms with Crippen molar-refractivity contribution >= 4 is 40.5 Å². The molecule has 1 N–H and O–H groups in total. The van der Waals surface area contributed by atoms with Crippen LogP contribution in [0.3, 0.4) is 0 Å². The summed E-state index contributed by atoms with van der Waals surface area (Å²) in [6, 6.07) is 24.0. The van der Waals surface area contributed by atoms with Crippen molar-refractivity contribution in [2.75, 3.05) is 27.9 Å². The second-order valence-corrected chi connectivity index (χ2v) is 12.0. The highest BCUT2D eigenvalue weighted by Gasteiger charge is 2.18. The minimum atomic E-state index is -0.580. The Balaban J connectivity index is 1.57. The van der Waals surface area contributed by atoms with Gasteiger partial charge >= 0.3 is 0 Å². The molecule has 0 atom stereocenters. The molecule has 47 heavy (non-hydrogen) atoms.